The molecule has 2 N–H and O–H groups in total. The lowest BCUT2D eigenvalue weighted by molar-refractivity contribution is 0.0277. The Hall–Kier alpha value is -0.340. The molecule has 0 aliphatic heterocycles. The molecule has 0 unspecified atom stereocenters. The quantitative estimate of drug-likeness (QED) is 0.515. The summed E-state index contributed by atoms with van der Waals surface area (Å²) in [5.41, 5.74) is 0.701. The third-order valence-corrected chi connectivity index (χ3v) is 2.36. The second-order valence-corrected chi connectivity index (χ2v) is 4.07. The topological polar surface area (TPSA) is 40.5 Å². The summed E-state index contributed by atoms with van der Waals surface area (Å²) in [5.74, 6) is 0. The summed E-state index contributed by atoms with van der Waals surface area (Å²) >= 11 is 0. The summed E-state index contributed by atoms with van der Waals surface area (Å²) in [4.78, 5) is 0. The van der Waals surface area contributed by atoms with Gasteiger partial charge < -0.3 is 10.2 Å². The van der Waals surface area contributed by atoms with E-state index in [1.54, 1.807) is 6.08 Å². The second-order valence-electron chi connectivity index (χ2n) is 4.07. The highest BCUT2D eigenvalue weighted by Gasteiger charge is 2.34. The molecule has 0 spiro atoms. The van der Waals surface area contributed by atoms with Gasteiger partial charge in [0, 0.05) is 0 Å². The number of aliphatic hydroxyl groups is 2. The molecule has 1 aliphatic rings. The first-order valence-electron chi connectivity index (χ1n) is 3.98. The Bertz CT molecular complexity index is 182. The van der Waals surface area contributed by atoms with Gasteiger partial charge in [-0.15, -0.1) is 0 Å². The van der Waals surface area contributed by atoms with Crippen molar-refractivity contribution < 1.29 is 10.2 Å². The van der Waals surface area contributed by atoms with Crippen LogP contribution in [0.3, 0.4) is 0 Å². The largest absolute Gasteiger partial charge is 0.389 e. The Morgan fingerprint density at radius 3 is 2.45 bits per heavy atom. The molecule has 0 fully saturated rings. The maximum atomic E-state index is 9.64. The van der Waals surface area contributed by atoms with E-state index in [1.807, 2.05) is 20.8 Å². The van der Waals surface area contributed by atoms with Crippen LogP contribution in [0.5, 0.6) is 0 Å². The fourth-order valence-corrected chi connectivity index (χ4v) is 1.72. The van der Waals surface area contributed by atoms with Crippen LogP contribution >= 0.6 is 0 Å². The monoisotopic (exact) mass is 156 g/mol. The molecular formula is C9H16O2. The average molecular weight is 156 g/mol. The van der Waals surface area contributed by atoms with Crippen molar-refractivity contribution >= 4 is 0 Å². The molecule has 0 heterocycles. The summed E-state index contributed by atoms with van der Waals surface area (Å²) in [6, 6.07) is 0. The predicted octanol–water partition coefficient (Wildman–Crippen LogP) is 1.08. The van der Waals surface area contributed by atoms with E-state index in [-0.39, 0.29) is 11.5 Å². The van der Waals surface area contributed by atoms with Gasteiger partial charge in [-0.1, -0.05) is 19.9 Å². The van der Waals surface area contributed by atoms with E-state index >= 15 is 0 Å². The van der Waals surface area contributed by atoms with E-state index in [2.05, 4.69) is 0 Å². The summed E-state index contributed by atoms with van der Waals surface area (Å²) in [6.07, 6.45) is 1.60. The normalized spacial score (nSPS) is 36.6. The van der Waals surface area contributed by atoms with Crippen LogP contribution in [0, 0.1) is 5.41 Å². The van der Waals surface area contributed by atoms with Gasteiger partial charge in [-0.2, -0.15) is 0 Å². The zero-order chi connectivity index (χ0) is 8.65. The minimum Gasteiger partial charge on any atom is -0.389 e. The Balaban J connectivity index is 2.86. The van der Waals surface area contributed by atoms with Crippen LogP contribution in [-0.4, -0.2) is 22.4 Å². The molecule has 0 radical (unpaired) electrons. The molecule has 64 valence electrons. The highest BCUT2D eigenvalue weighted by molar-refractivity contribution is 5.16. The molecule has 11 heavy (non-hydrogen) atoms. The minimum atomic E-state index is -0.397. The van der Waals surface area contributed by atoms with Crippen LogP contribution in [0.1, 0.15) is 27.2 Å². The lowest BCUT2D eigenvalue weighted by Gasteiger charge is -2.36. The number of rotatable bonds is 0. The molecule has 0 aromatic rings. The number of hydrogen-bond acceptors (Lipinski definition) is 2. The standard InChI is InChI=1S/C9H16O2/c1-6-4-7(10)5-9(2,3)8(6)11/h4,7-8,10-11H,5H2,1-3H3/t7-,8+/m0/s1. The molecule has 0 amide bonds. The van der Waals surface area contributed by atoms with E-state index in [1.165, 1.54) is 0 Å². The molecular weight excluding hydrogens is 140 g/mol. The average Bonchev–Trinajstić information content (AvgIpc) is 1.81. The lowest BCUT2D eigenvalue weighted by atomic mass is 9.74. The van der Waals surface area contributed by atoms with Crippen molar-refractivity contribution in [3.8, 4) is 0 Å². The van der Waals surface area contributed by atoms with Crippen LogP contribution in [0.15, 0.2) is 11.6 Å². The van der Waals surface area contributed by atoms with Crippen molar-refractivity contribution in [1.82, 2.24) is 0 Å². The molecule has 1 rings (SSSR count). The summed E-state index contributed by atoms with van der Waals surface area (Å²) < 4.78 is 0. The Morgan fingerprint density at radius 2 is 2.00 bits per heavy atom. The van der Waals surface area contributed by atoms with E-state index in [0.29, 0.717) is 6.42 Å². The summed E-state index contributed by atoms with van der Waals surface area (Å²) in [6.45, 7) is 5.80. The van der Waals surface area contributed by atoms with Gasteiger partial charge in [-0.3, -0.25) is 0 Å². The molecule has 2 nitrogen and oxygen atoms in total. The fourth-order valence-electron chi connectivity index (χ4n) is 1.72. The molecule has 2 atom stereocenters. The first-order chi connectivity index (χ1) is 4.93. The Morgan fingerprint density at radius 1 is 1.45 bits per heavy atom. The molecule has 0 aromatic carbocycles. The van der Waals surface area contributed by atoms with Crippen molar-refractivity contribution in [3.63, 3.8) is 0 Å². The van der Waals surface area contributed by atoms with Gasteiger partial charge >= 0.3 is 0 Å². The van der Waals surface area contributed by atoms with Gasteiger partial charge in [0.2, 0.25) is 0 Å². The third kappa shape index (κ3) is 1.63. The van der Waals surface area contributed by atoms with Gasteiger partial charge in [0.1, 0.15) is 0 Å². The van der Waals surface area contributed by atoms with Crippen LogP contribution < -0.4 is 0 Å². The van der Waals surface area contributed by atoms with Crippen molar-refractivity contribution in [2.45, 2.75) is 39.4 Å². The lowest BCUT2D eigenvalue weighted by Crippen LogP contribution is -2.37. The SMILES string of the molecule is CC1=C[C@H](O)CC(C)(C)[C@@H]1O. The van der Waals surface area contributed by atoms with Crippen LogP contribution in [0.4, 0.5) is 0 Å². The first kappa shape index (κ1) is 8.75. The highest BCUT2D eigenvalue weighted by Crippen LogP contribution is 2.35. The second kappa shape index (κ2) is 2.61. The van der Waals surface area contributed by atoms with E-state index < -0.39 is 6.10 Å². The maximum Gasteiger partial charge on any atom is 0.0800 e. The van der Waals surface area contributed by atoms with E-state index in [9.17, 15) is 10.2 Å². The van der Waals surface area contributed by atoms with E-state index in [0.717, 1.165) is 5.57 Å². The maximum absolute atomic E-state index is 9.64. The van der Waals surface area contributed by atoms with Gasteiger partial charge in [0.05, 0.1) is 12.2 Å². The Labute approximate surface area is 67.6 Å². The first-order valence-corrected chi connectivity index (χ1v) is 3.98. The van der Waals surface area contributed by atoms with Gasteiger partial charge in [0.25, 0.3) is 0 Å². The number of aliphatic hydroxyl groups excluding tert-OH is 2. The molecule has 1 aliphatic carbocycles. The molecule has 0 aromatic heterocycles. The van der Waals surface area contributed by atoms with Gasteiger partial charge in [-0.05, 0) is 24.3 Å². The predicted molar refractivity (Wildman–Crippen MR) is 44.2 cm³/mol. The Kier molecular flexibility index (Phi) is 2.08. The van der Waals surface area contributed by atoms with Crippen LogP contribution in [0.2, 0.25) is 0 Å². The molecule has 2 heteroatoms. The van der Waals surface area contributed by atoms with E-state index in [4.69, 9.17) is 0 Å². The third-order valence-electron chi connectivity index (χ3n) is 2.36. The zero-order valence-corrected chi connectivity index (χ0v) is 7.33. The van der Waals surface area contributed by atoms with Crippen LogP contribution in [-0.2, 0) is 0 Å². The zero-order valence-electron chi connectivity index (χ0n) is 7.33. The van der Waals surface area contributed by atoms with Gasteiger partial charge in [-0.25, -0.2) is 0 Å². The van der Waals surface area contributed by atoms with Crippen molar-refractivity contribution in [1.29, 1.82) is 0 Å². The molecule has 0 saturated heterocycles. The minimum absolute atomic E-state index is 0.182. The molecule has 0 bridgehead atoms. The summed E-state index contributed by atoms with van der Waals surface area (Å²) in [7, 11) is 0. The molecule has 0 saturated carbocycles. The number of hydrogen-bond donors (Lipinski definition) is 2. The smallest absolute Gasteiger partial charge is 0.0800 e. The fraction of sp³-hybridized carbons (Fsp3) is 0.778. The summed E-state index contributed by atoms with van der Waals surface area (Å²) in [5, 5.41) is 19.0. The van der Waals surface area contributed by atoms with Crippen molar-refractivity contribution in [2.75, 3.05) is 0 Å². The van der Waals surface area contributed by atoms with Crippen molar-refractivity contribution in [3.05, 3.63) is 11.6 Å². The highest BCUT2D eigenvalue weighted by atomic mass is 16.3. The van der Waals surface area contributed by atoms with Gasteiger partial charge in [0.15, 0.2) is 0 Å². The van der Waals surface area contributed by atoms with Crippen molar-refractivity contribution in [2.24, 2.45) is 5.41 Å². The van der Waals surface area contributed by atoms with Crippen LogP contribution in [0.25, 0.3) is 0 Å².